The molecule has 3 rings (SSSR count). The van der Waals surface area contributed by atoms with Crippen LogP contribution in [0.5, 0.6) is 11.5 Å². The summed E-state index contributed by atoms with van der Waals surface area (Å²) in [6, 6.07) is 9.55. The van der Waals surface area contributed by atoms with Crippen molar-refractivity contribution in [2.75, 3.05) is 7.11 Å². The van der Waals surface area contributed by atoms with E-state index in [9.17, 15) is 5.11 Å². The molecule has 1 N–H and O–H groups in total. The standard InChI is InChI=1S/C14H13BrO3S/c1-17-8-2-3-9-10(16)7-12(18-11(9)6-8)13-4-5-14(15)19-13/h2-6,10,12,16H,7H2,1H3/t10-,12?/m1/s1. The van der Waals surface area contributed by atoms with Gasteiger partial charge in [-0.2, -0.15) is 0 Å². The zero-order chi connectivity index (χ0) is 13.4. The van der Waals surface area contributed by atoms with E-state index in [0.29, 0.717) is 12.2 Å². The van der Waals surface area contributed by atoms with Crippen LogP contribution in [0, 0.1) is 0 Å². The lowest BCUT2D eigenvalue weighted by Gasteiger charge is -2.29. The number of hydrogen-bond donors (Lipinski definition) is 1. The van der Waals surface area contributed by atoms with E-state index in [1.165, 1.54) is 0 Å². The number of thiophene rings is 1. The average molecular weight is 341 g/mol. The van der Waals surface area contributed by atoms with Gasteiger partial charge in [0.05, 0.1) is 17.0 Å². The molecule has 0 saturated heterocycles. The Bertz CT molecular complexity index is 596. The van der Waals surface area contributed by atoms with Gasteiger partial charge in [0, 0.05) is 22.9 Å². The summed E-state index contributed by atoms with van der Waals surface area (Å²) in [4.78, 5) is 1.11. The first kappa shape index (κ1) is 13.0. The van der Waals surface area contributed by atoms with E-state index >= 15 is 0 Å². The smallest absolute Gasteiger partial charge is 0.136 e. The summed E-state index contributed by atoms with van der Waals surface area (Å²) in [6.45, 7) is 0. The average Bonchev–Trinajstić information content (AvgIpc) is 2.84. The molecule has 2 atom stereocenters. The molecule has 1 aromatic carbocycles. The molecule has 2 aromatic rings. The van der Waals surface area contributed by atoms with Gasteiger partial charge in [-0.25, -0.2) is 0 Å². The number of methoxy groups -OCH3 is 1. The van der Waals surface area contributed by atoms with Crippen LogP contribution >= 0.6 is 27.3 Å². The molecule has 0 fully saturated rings. The third kappa shape index (κ3) is 2.50. The van der Waals surface area contributed by atoms with Crippen molar-refractivity contribution in [3.8, 4) is 11.5 Å². The van der Waals surface area contributed by atoms with E-state index in [4.69, 9.17) is 9.47 Å². The number of ether oxygens (including phenoxy) is 2. The molecule has 19 heavy (non-hydrogen) atoms. The number of benzene rings is 1. The molecule has 100 valence electrons. The van der Waals surface area contributed by atoms with E-state index in [2.05, 4.69) is 15.9 Å². The zero-order valence-electron chi connectivity index (χ0n) is 10.3. The van der Waals surface area contributed by atoms with Crippen molar-refractivity contribution in [3.63, 3.8) is 0 Å². The Morgan fingerprint density at radius 2 is 2.21 bits per heavy atom. The van der Waals surface area contributed by atoms with E-state index in [-0.39, 0.29) is 6.10 Å². The normalized spacial score (nSPS) is 21.6. The molecule has 0 spiro atoms. The van der Waals surface area contributed by atoms with Gasteiger partial charge in [-0.1, -0.05) is 0 Å². The van der Waals surface area contributed by atoms with Gasteiger partial charge >= 0.3 is 0 Å². The Hall–Kier alpha value is -1.04. The number of rotatable bonds is 2. The molecule has 1 aromatic heterocycles. The second-order valence-electron chi connectivity index (χ2n) is 4.40. The Kier molecular flexibility index (Phi) is 3.52. The zero-order valence-corrected chi connectivity index (χ0v) is 12.7. The second-order valence-corrected chi connectivity index (χ2v) is 6.90. The predicted molar refractivity (Wildman–Crippen MR) is 78.0 cm³/mol. The van der Waals surface area contributed by atoms with Crippen LogP contribution < -0.4 is 9.47 Å². The van der Waals surface area contributed by atoms with Gasteiger partial charge in [-0.05, 0) is 40.2 Å². The van der Waals surface area contributed by atoms with Crippen LogP contribution in [0.3, 0.4) is 0 Å². The Morgan fingerprint density at radius 3 is 2.89 bits per heavy atom. The van der Waals surface area contributed by atoms with Crippen LogP contribution in [0.4, 0.5) is 0 Å². The van der Waals surface area contributed by atoms with Gasteiger partial charge < -0.3 is 14.6 Å². The lowest BCUT2D eigenvalue weighted by molar-refractivity contribution is 0.0672. The first-order valence-electron chi connectivity index (χ1n) is 5.95. The summed E-state index contributed by atoms with van der Waals surface area (Å²) < 4.78 is 12.3. The van der Waals surface area contributed by atoms with Gasteiger partial charge in [0.2, 0.25) is 0 Å². The minimum absolute atomic E-state index is 0.106. The molecular formula is C14H13BrO3S. The molecular weight excluding hydrogens is 328 g/mol. The number of hydrogen-bond acceptors (Lipinski definition) is 4. The molecule has 0 bridgehead atoms. The van der Waals surface area contributed by atoms with Gasteiger partial charge in [0.15, 0.2) is 0 Å². The van der Waals surface area contributed by atoms with Gasteiger partial charge in [-0.15, -0.1) is 11.3 Å². The summed E-state index contributed by atoms with van der Waals surface area (Å²) in [5.74, 6) is 1.44. The Balaban J connectivity index is 1.93. The lowest BCUT2D eigenvalue weighted by Crippen LogP contribution is -2.18. The minimum atomic E-state index is -0.500. The van der Waals surface area contributed by atoms with Crippen molar-refractivity contribution in [2.24, 2.45) is 0 Å². The highest BCUT2D eigenvalue weighted by Gasteiger charge is 2.29. The van der Waals surface area contributed by atoms with Gasteiger partial charge in [-0.3, -0.25) is 0 Å². The molecule has 0 aliphatic carbocycles. The quantitative estimate of drug-likeness (QED) is 0.895. The van der Waals surface area contributed by atoms with E-state index in [0.717, 1.165) is 20.0 Å². The molecule has 0 amide bonds. The Morgan fingerprint density at radius 1 is 1.37 bits per heavy atom. The van der Waals surface area contributed by atoms with Crippen molar-refractivity contribution in [2.45, 2.75) is 18.6 Å². The predicted octanol–water partition coefficient (Wildman–Crippen LogP) is 4.08. The summed E-state index contributed by atoms with van der Waals surface area (Å²) in [5, 5.41) is 10.2. The molecule has 1 aliphatic heterocycles. The Labute approximate surface area is 123 Å². The fraction of sp³-hybridized carbons (Fsp3) is 0.286. The highest BCUT2D eigenvalue weighted by Crippen LogP contribution is 2.44. The second kappa shape index (κ2) is 5.15. The molecule has 1 aliphatic rings. The topological polar surface area (TPSA) is 38.7 Å². The lowest BCUT2D eigenvalue weighted by atomic mass is 9.98. The molecule has 2 heterocycles. The highest BCUT2D eigenvalue weighted by molar-refractivity contribution is 9.11. The third-order valence-electron chi connectivity index (χ3n) is 3.20. The van der Waals surface area contributed by atoms with Crippen LogP contribution in [0.2, 0.25) is 0 Å². The first-order chi connectivity index (χ1) is 9.17. The first-order valence-corrected chi connectivity index (χ1v) is 7.56. The fourth-order valence-corrected chi connectivity index (χ4v) is 3.69. The van der Waals surface area contributed by atoms with Crippen molar-refractivity contribution in [1.29, 1.82) is 0 Å². The molecule has 0 saturated carbocycles. The maximum atomic E-state index is 10.2. The number of aliphatic hydroxyl groups excluding tert-OH is 1. The van der Waals surface area contributed by atoms with Crippen molar-refractivity contribution >= 4 is 27.3 Å². The summed E-state index contributed by atoms with van der Waals surface area (Å²) >= 11 is 5.08. The summed E-state index contributed by atoms with van der Waals surface area (Å²) in [5.41, 5.74) is 0.827. The van der Waals surface area contributed by atoms with Crippen molar-refractivity contribution in [1.82, 2.24) is 0 Å². The van der Waals surface area contributed by atoms with Crippen LogP contribution in [0.25, 0.3) is 0 Å². The fourth-order valence-electron chi connectivity index (χ4n) is 2.23. The molecule has 0 radical (unpaired) electrons. The number of halogens is 1. The van der Waals surface area contributed by atoms with Crippen LogP contribution in [-0.4, -0.2) is 12.2 Å². The summed E-state index contributed by atoms with van der Waals surface area (Å²) in [6.07, 6.45) is -0.0295. The van der Waals surface area contributed by atoms with Gasteiger partial charge in [0.1, 0.15) is 17.6 Å². The van der Waals surface area contributed by atoms with Crippen LogP contribution in [0.15, 0.2) is 34.1 Å². The monoisotopic (exact) mass is 340 g/mol. The summed E-state index contributed by atoms with van der Waals surface area (Å²) in [7, 11) is 1.62. The van der Waals surface area contributed by atoms with E-state index in [1.807, 2.05) is 30.3 Å². The van der Waals surface area contributed by atoms with Crippen LogP contribution in [0.1, 0.15) is 29.1 Å². The maximum Gasteiger partial charge on any atom is 0.136 e. The highest BCUT2D eigenvalue weighted by atomic mass is 79.9. The minimum Gasteiger partial charge on any atom is -0.497 e. The van der Waals surface area contributed by atoms with Crippen LogP contribution in [-0.2, 0) is 0 Å². The SMILES string of the molecule is COc1ccc2c(c1)OC(c1ccc(Br)s1)C[C@H]2O. The van der Waals surface area contributed by atoms with Crippen molar-refractivity contribution < 1.29 is 14.6 Å². The van der Waals surface area contributed by atoms with E-state index in [1.54, 1.807) is 18.4 Å². The largest absolute Gasteiger partial charge is 0.497 e. The molecule has 1 unspecified atom stereocenters. The maximum absolute atomic E-state index is 10.2. The molecule has 3 nitrogen and oxygen atoms in total. The number of fused-ring (bicyclic) bond motifs is 1. The van der Waals surface area contributed by atoms with Crippen molar-refractivity contribution in [3.05, 3.63) is 44.6 Å². The van der Waals surface area contributed by atoms with Gasteiger partial charge in [0.25, 0.3) is 0 Å². The van der Waals surface area contributed by atoms with E-state index < -0.39 is 6.10 Å². The molecule has 5 heteroatoms. The number of aliphatic hydroxyl groups is 1. The third-order valence-corrected chi connectivity index (χ3v) is 4.91.